The predicted octanol–water partition coefficient (Wildman–Crippen LogP) is 8.77. The molecule has 47 heavy (non-hydrogen) atoms. The largest absolute Gasteiger partial charge is 0.473 e. The Balaban J connectivity index is 1.09. The number of hydrogen-bond donors (Lipinski definition) is 0. The van der Waals surface area contributed by atoms with Crippen molar-refractivity contribution in [2.24, 2.45) is 11.8 Å². The molecule has 1 atom stereocenters. The molecule has 6 rings (SSSR count). The average molecular weight is 634 g/mol. The lowest BCUT2D eigenvalue weighted by molar-refractivity contribution is 0.0120. The van der Waals surface area contributed by atoms with Gasteiger partial charge < -0.3 is 24.0 Å². The van der Waals surface area contributed by atoms with Gasteiger partial charge >= 0.3 is 6.09 Å². The van der Waals surface area contributed by atoms with Gasteiger partial charge in [0, 0.05) is 43.5 Å². The third-order valence-corrected chi connectivity index (χ3v) is 9.14. The highest BCUT2D eigenvalue weighted by molar-refractivity contribution is 5.71. The number of anilines is 1. The summed E-state index contributed by atoms with van der Waals surface area (Å²) < 4.78 is 18.0. The van der Waals surface area contributed by atoms with Crippen LogP contribution in [0.1, 0.15) is 57.6 Å². The zero-order chi connectivity index (χ0) is 32.6. The lowest BCUT2D eigenvalue weighted by Crippen LogP contribution is -2.46. The zero-order valence-electron chi connectivity index (χ0n) is 27.9. The van der Waals surface area contributed by atoms with Crippen LogP contribution in [0.3, 0.4) is 0 Å². The van der Waals surface area contributed by atoms with Crippen LogP contribution in [0, 0.1) is 11.8 Å². The summed E-state index contributed by atoms with van der Waals surface area (Å²) in [7, 11) is 0. The molecule has 1 amide bonds. The lowest BCUT2D eigenvalue weighted by atomic mass is 9.79. The number of nitrogens with zero attached hydrogens (tertiary/aromatic N) is 3. The highest BCUT2D eigenvalue weighted by Crippen LogP contribution is 2.36. The summed E-state index contributed by atoms with van der Waals surface area (Å²) in [6.45, 7) is 10.3. The van der Waals surface area contributed by atoms with Gasteiger partial charge in [0.15, 0.2) is 0 Å². The molecular formula is C40H47N3O4. The predicted molar refractivity (Wildman–Crippen MR) is 187 cm³/mol. The number of carbonyl (C=O) groups is 1. The molecule has 7 nitrogen and oxygen atoms in total. The maximum Gasteiger partial charge on any atom is 0.410 e. The number of likely N-dealkylation sites (tertiary alicyclic amines) is 1. The van der Waals surface area contributed by atoms with E-state index in [2.05, 4.69) is 41.3 Å². The van der Waals surface area contributed by atoms with Crippen LogP contribution in [-0.4, -0.2) is 47.8 Å². The number of piperidine rings is 2. The number of rotatable bonds is 9. The Morgan fingerprint density at radius 1 is 0.745 bits per heavy atom. The second-order valence-corrected chi connectivity index (χ2v) is 13.8. The summed E-state index contributed by atoms with van der Waals surface area (Å²) in [6.07, 6.45) is 4.36. The molecule has 7 heteroatoms. The van der Waals surface area contributed by atoms with Crippen molar-refractivity contribution in [3.05, 3.63) is 108 Å². The van der Waals surface area contributed by atoms with Gasteiger partial charge in [0.05, 0.1) is 0 Å². The molecule has 1 unspecified atom stereocenters. The minimum atomic E-state index is -0.460. The van der Waals surface area contributed by atoms with Crippen LogP contribution in [0.4, 0.5) is 10.5 Å². The number of hydrogen-bond acceptors (Lipinski definition) is 6. The number of amides is 1. The van der Waals surface area contributed by atoms with E-state index in [1.54, 1.807) is 0 Å². The second kappa shape index (κ2) is 14.9. The standard InChI is InChI=1S/C40H47N3O4/c1-40(2,3)47-39(44)43-24-10-15-34(27-43)32-22-25-42(26-23-32)35-18-16-33(17-19-35)36-20-21-37(45-28-30-11-6-4-7-12-30)41-38(36)46-29-31-13-8-5-9-14-31/h4-9,11-14,16-21,32,34H,10,15,22-29H2,1-3H3. The van der Waals surface area contributed by atoms with Crippen LogP contribution in [-0.2, 0) is 18.0 Å². The van der Waals surface area contributed by atoms with E-state index in [1.807, 2.05) is 86.3 Å². The van der Waals surface area contributed by atoms with E-state index >= 15 is 0 Å². The number of pyridine rings is 1. The van der Waals surface area contributed by atoms with Gasteiger partial charge in [0.1, 0.15) is 18.8 Å². The zero-order valence-corrected chi connectivity index (χ0v) is 27.9. The second-order valence-electron chi connectivity index (χ2n) is 13.8. The van der Waals surface area contributed by atoms with Crippen molar-refractivity contribution in [2.75, 3.05) is 31.1 Å². The van der Waals surface area contributed by atoms with Crippen LogP contribution >= 0.6 is 0 Å². The monoisotopic (exact) mass is 633 g/mol. The normalized spacial score (nSPS) is 17.3. The fourth-order valence-corrected chi connectivity index (χ4v) is 6.66. The van der Waals surface area contributed by atoms with E-state index in [-0.39, 0.29) is 6.09 Å². The van der Waals surface area contributed by atoms with Crippen molar-refractivity contribution in [1.82, 2.24) is 9.88 Å². The SMILES string of the molecule is CC(C)(C)OC(=O)N1CCCC(C2CCN(c3ccc(-c4ccc(OCc5ccccc5)nc4OCc4ccccc4)cc3)CC2)C1. The van der Waals surface area contributed by atoms with Crippen LogP contribution < -0.4 is 14.4 Å². The first kappa shape index (κ1) is 32.4. The molecule has 0 bridgehead atoms. The van der Waals surface area contributed by atoms with Crippen LogP contribution in [0.2, 0.25) is 0 Å². The van der Waals surface area contributed by atoms with Crippen LogP contribution in [0.25, 0.3) is 11.1 Å². The molecule has 2 aliphatic rings. The Morgan fingerprint density at radius 2 is 1.38 bits per heavy atom. The van der Waals surface area contributed by atoms with Gasteiger partial charge in [-0.15, -0.1) is 0 Å². The molecule has 246 valence electrons. The molecule has 2 saturated heterocycles. The average Bonchev–Trinajstić information content (AvgIpc) is 3.10. The van der Waals surface area contributed by atoms with E-state index in [4.69, 9.17) is 19.2 Å². The van der Waals surface area contributed by atoms with Gasteiger partial charge in [-0.1, -0.05) is 72.8 Å². The topological polar surface area (TPSA) is 64.1 Å². The minimum absolute atomic E-state index is 0.169. The summed E-state index contributed by atoms with van der Waals surface area (Å²) in [5.41, 5.74) is 4.93. The van der Waals surface area contributed by atoms with Crippen molar-refractivity contribution in [1.29, 1.82) is 0 Å². The summed E-state index contributed by atoms with van der Waals surface area (Å²) in [5.74, 6) is 2.27. The first-order chi connectivity index (χ1) is 22.8. The van der Waals surface area contributed by atoms with Crippen molar-refractivity contribution in [2.45, 2.75) is 65.3 Å². The van der Waals surface area contributed by atoms with Crippen molar-refractivity contribution >= 4 is 11.8 Å². The van der Waals surface area contributed by atoms with Crippen molar-refractivity contribution in [3.8, 4) is 22.9 Å². The minimum Gasteiger partial charge on any atom is -0.473 e. The van der Waals surface area contributed by atoms with Crippen molar-refractivity contribution in [3.63, 3.8) is 0 Å². The van der Waals surface area contributed by atoms with Gasteiger partial charge in [-0.25, -0.2) is 4.79 Å². The summed E-state index contributed by atoms with van der Waals surface area (Å²) in [5, 5.41) is 0. The number of carbonyl (C=O) groups excluding carboxylic acids is 1. The van der Waals surface area contributed by atoms with E-state index < -0.39 is 5.60 Å². The summed E-state index contributed by atoms with van der Waals surface area (Å²) in [6, 6.07) is 33.0. The summed E-state index contributed by atoms with van der Waals surface area (Å²) >= 11 is 0. The molecule has 0 radical (unpaired) electrons. The quantitative estimate of drug-likeness (QED) is 0.184. The van der Waals surface area contributed by atoms with Gasteiger partial charge in [-0.05, 0) is 93.2 Å². The molecule has 2 aliphatic heterocycles. The van der Waals surface area contributed by atoms with Gasteiger partial charge in [0.2, 0.25) is 11.8 Å². The molecule has 3 heterocycles. The van der Waals surface area contributed by atoms with E-state index in [1.165, 1.54) is 12.1 Å². The molecule has 0 spiro atoms. The summed E-state index contributed by atoms with van der Waals surface area (Å²) in [4.78, 5) is 21.9. The lowest BCUT2D eigenvalue weighted by Gasteiger charge is -2.41. The molecular weight excluding hydrogens is 586 g/mol. The Labute approximate surface area is 279 Å². The maximum absolute atomic E-state index is 12.7. The molecule has 4 aromatic rings. The third-order valence-electron chi connectivity index (χ3n) is 9.14. The molecule has 3 aromatic carbocycles. The van der Waals surface area contributed by atoms with E-state index in [0.717, 1.165) is 67.7 Å². The Hall–Kier alpha value is -4.52. The first-order valence-corrected chi connectivity index (χ1v) is 17.0. The van der Waals surface area contributed by atoms with Crippen molar-refractivity contribution < 1.29 is 19.0 Å². The smallest absolute Gasteiger partial charge is 0.410 e. The highest BCUT2D eigenvalue weighted by Gasteiger charge is 2.33. The molecule has 0 saturated carbocycles. The molecule has 0 N–H and O–H groups in total. The first-order valence-electron chi connectivity index (χ1n) is 17.0. The fraction of sp³-hybridized carbons (Fsp3) is 0.400. The van der Waals surface area contributed by atoms with Crippen LogP contribution in [0.15, 0.2) is 97.1 Å². The number of aromatic nitrogens is 1. The molecule has 1 aromatic heterocycles. The van der Waals surface area contributed by atoms with E-state index in [0.29, 0.717) is 36.8 Å². The van der Waals surface area contributed by atoms with Gasteiger partial charge in [0.25, 0.3) is 0 Å². The van der Waals surface area contributed by atoms with Crippen LogP contribution in [0.5, 0.6) is 11.8 Å². The number of benzene rings is 3. The number of ether oxygens (including phenoxy) is 3. The Kier molecular flexibility index (Phi) is 10.3. The maximum atomic E-state index is 12.7. The third kappa shape index (κ3) is 8.85. The Bertz CT molecular complexity index is 1580. The van der Waals surface area contributed by atoms with E-state index in [9.17, 15) is 4.79 Å². The fourth-order valence-electron chi connectivity index (χ4n) is 6.66. The van der Waals surface area contributed by atoms with Gasteiger partial charge in [-0.3, -0.25) is 0 Å². The molecule has 0 aliphatic carbocycles. The molecule has 2 fully saturated rings. The Morgan fingerprint density at radius 3 is 2.02 bits per heavy atom. The highest BCUT2D eigenvalue weighted by atomic mass is 16.6. The van der Waals surface area contributed by atoms with Gasteiger partial charge in [-0.2, -0.15) is 4.98 Å².